The summed E-state index contributed by atoms with van der Waals surface area (Å²) in [7, 11) is 0. The third-order valence-electron chi connectivity index (χ3n) is 3.81. The summed E-state index contributed by atoms with van der Waals surface area (Å²) >= 11 is 0. The van der Waals surface area contributed by atoms with Gasteiger partial charge in [0.15, 0.2) is 0 Å². The van der Waals surface area contributed by atoms with Crippen LogP contribution in [0.1, 0.15) is 0 Å². The second-order valence-corrected chi connectivity index (χ2v) is 5.52. The lowest BCUT2D eigenvalue weighted by molar-refractivity contribution is -0.122. The van der Waals surface area contributed by atoms with E-state index >= 15 is 0 Å². The van der Waals surface area contributed by atoms with Crippen LogP contribution in [0.5, 0.6) is 0 Å². The van der Waals surface area contributed by atoms with E-state index in [0.29, 0.717) is 16.9 Å². The fraction of sp³-hybridized carbons (Fsp3) is 0.111. The molecule has 122 valence electrons. The van der Waals surface area contributed by atoms with Crippen LogP contribution in [0.3, 0.4) is 0 Å². The van der Waals surface area contributed by atoms with Crippen molar-refractivity contribution in [2.75, 3.05) is 10.6 Å². The molecule has 4 nitrogen and oxygen atoms in total. The SMILES string of the molecule is C=C1[C@H](C(=O)Nc2ccc(F)cc2)[C@@H]1C(=O)Nc1ccc(F)cc1. The summed E-state index contributed by atoms with van der Waals surface area (Å²) < 4.78 is 25.7. The first kappa shape index (κ1) is 15.9. The maximum absolute atomic E-state index is 12.9. The van der Waals surface area contributed by atoms with Crippen molar-refractivity contribution in [2.24, 2.45) is 11.8 Å². The van der Waals surface area contributed by atoms with Gasteiger partial charge >= 0.3 is 0 Å². The predicted octanol–water partition coefficient (Wildman–Crippen LogP) is 3.34. The molecule has 1 saturated carbocycles. The number of carbonyl (C=O) groups is 2. The van der Waals surface area contributed by atoms with Crippen molar-refractivity contribution in [3.8, 4) is 0 Å². The monoisotopic (exact) mass is 328 g/mol. The Morgan fingerprint density at radius 2 is 1.08 bits per heavy atom. The molecule has 0 aromatic heterocycles. The van der Waals surface area contributed by atoms with Crippen molar-refractivity contribution in [1.82, 2.24) is 0 Å². The van der Waals surface area contributed by atoms with Crippen LogP contribution in [0.4, 0.5) is 20.2 Å². The van der Waals surface area contributed by atoms with E-state index in [4.69, 9.17) is 0 Å². The normalized spacial score (nSPS) is 18.8. The number of amides is 2. The van der Waals surface area contributed by atoms with Crippen molar-refractivity contribution in [3.05, 3.63) is 72.3 Å². The summed E-state index contributed by atoms with van der Waals surface area (Å²) in [6, 6.07) is 10.7. The maximum atomic E-state index is 12.9. The Labute approximate surface area is 137 Å². The third kappa shape index (κ3) is 3.32. The van der Waals surface area contributed by atoms with E-state index < -0.39 is 23.5 Å². The largest absolute Gasteiger partial charge is 0.326 e. The highest BCUT2D eigenvalue weighted by atomic mass is 19.1. The van der Waals surface area contributed by atoms with Crippen molar-refractivity contribution in [3.63, 3.8) is 0 Å². The number of rotatable bonds is 4. The Bertz CT molecular complexity index is 733. The lowest BCUT2D eigenvalue weighted by Crippen LogP contribution is -2.20. The minimum absolute atomic E-state index is 0.370. The minimum atomic E-state index is -0.629. The highest BCUT2D eigenvalue weighted by Gasteiger charge is 2.52. The van der Waals surface area contributed by atoms with E-state index in [1.54, 1.807) is 0 Å². The van der Waals surface area contributed by atoms with Crippen LogP contribution in [0, 0.1) is 23.5 Å². The molecule has 6 heteroatoms. The number of hydrogen-bond donors (Lipinski definition) is 2. The lowest BCUT2D eigenvalue weighted by atomic mass is 10.2. The van der Waals surface area contributed by atoms with Gasteiger partial charge in [-0.3, -0.25) is 9.59 Å². The molecule has 0 aliphatic heterocycles. The first-order chi connectivity index (χ1) is 11.5. The molecular weight excluding hydrogens is 314 g/mol. The molecule has 3 rings (SSSR count). The smallest absolute Gasteiger partial charge is 0.232 e. The van der Waals surface area contributed by atoms with Gasteiger partial charge in [0.25, 0.3) is 0 Å². The highest BCUT2D eigenvalue weighted by Crippen LogP contribution is 2.45. The van der Waals surface area contributed by atoms with Gasteiger partial charge in [-0.1, -0.05) is 12.2 Å². The minimum Gasteiger partial charge on any atom is -0.326 e. The van der Waals surface area contributed by atoms with Gasteiger partial charge in [0, 0.05) is 11.4 Å². The maximum Gasteiger partial charge on any atom is 0.232 e. The van der Waals surface area contributed by atoms with Crippen LogP contribution in [-0.2, 0) is 9.59 Å². The molecule has 0 unspecified atom stereocenters. The average molecular weight is 328 g/mol. The van der Waals surface area contributed by atoms with Crippen LogP contribution >= 0.6 is 0 Å². The van der Waals surface area contributed by atoms with Gasteiger partial charge in [-0.25, -0.2) is 8.78 Å². The summed E-state index contributed by atoms with van der Waals surface area (Å²) in [4.78, 5) is 24.4. The summed E-state index contributed by atoms with van der Waals surface area (Å²) in [5.74, 6) is -2.80. The van der Waals surface area contributed by atoms with E-state index in [1.165, 1.54) is 48.5 Å². The van der Waals surface area contributed by atoms with Crippen LogP contribution in [0.25, 0.3) is 0 Å². The molecule has 0 heterocycles. The zero-order valence-corrected chi connectivity index (χ0v) is 12.6. The van der Waals surface area contributed by atoms with Crippen molar-refractivity contribution in [1.29, 1.82) is 0 Å². The predicted molar refractivity (Wildman–Crippen MR) is 86.2 cm³/mol. The quantitative estimate of drug-likeness (QED) is 0.846. The highest BCUT2D eigenvalue weighted by molar-refractivity contribution is 6.08. The van der Waals surface area contributed by atoms with Crippen LogP contribution in [-0.4, -0.2) is 11.8 Å². The van der Waals surface area contributed by atoms with E-state index in [9.17, 15) is 18.4 Å². The first-order valence-electron chi connectivity index (χ1n) is 7.27. The van der Waals surface area contributed by atoms with Crippen molar-refractivity contribution >= 4 is 23.2 Å². The van der Waals surface area contributed by atoms with Crippen LogP contribution < -0.4 is 10.6 Å². The molecule has 2 atom stereocenters. The number of benzene rings is 2. The van der Waals surface area contributed by atoms with Crippen LogP contribution in [0.15, 0.2) is 60.7 Å². The molecule has 0 saturated heterocycles. The molecule has 1 aliphatic rings. The zero-order chi connectivity index (χ0) is 17.3. The second kappa shape index (κ2) is 6.23. The Hall–Kier alpha value is -3.02. The summed E-state index contributed by atoms with van der Waals surface area (Å²) in [6.45, 7) is 3.74. The average Bonchev–Trinajstić information content (AvgIpc) is 3.23. The fourth-order valence-corrected chi connectivity index (χ4v) is 2.46. The molecule has 2 amide bonds. The Balaban J connectivity index is 1.61. The molecule has 24 heavy (non-hydrogen) atoms. The zero-order valence-electron chi connectivity index (χ0n) is 12.6. The van der Waals surface area contributed by atoms with E-state index in [1.807, 2.05) is 0 Å². The summed E-state index contributed by atoms with van der Waals surface area (Å²) in [5, 5.41) is 5.24. The lowest BCUT2D eigenvalue weighted by Gasteiger charge is -2.05. The molecule has 2 aromatic carbocycles. The first-order valence-corrected chi connectivity index (χ1v) is 7.27. The van der Waals surface area contributed by atoms with E-state index in [0.717, 1.165) is 0 Å². The molecule has 1 fully saturated rings. The molecule has 2 N–H and O–H groups in total. The number of carbonyl (C=O) groups excluding carboxylic acids is 2. The molecule has 1 aliphatic carbocycles. The molecule has 2 aromatic rings. The van der Waals surface area contributed by atoms with Crippen LogP contribution in [0.2, 0.25) is 0 Å². The van der Waals surface area contributed by atoms with Gasteiger partial charge < -0.3 is 10.6 Å². The fourth-order valence-electron chi connectivity index (χ4n) is 2.46. The number of halogens is 2. The van der Waals surface area contributed by atoms with Gasteiger partial charge in [0.05, 0.1) is 11.8 Å². The van der Waals surface area contributed by atoms with Gasteiger partial charge in [0.1, 0.15) is 11.6 Å². The van der Waals surface area contributed by atoms with Gasteiger partial charge in [-0.2, -0.15) is 0 Å². The van der Waals surface area contributed by atoms with Gasteiger partial charge in [-0.05, 0) is 48.5 Å². The Morgan fingerprint density at radius 1 is 0.750 bits per heavy atom. The van der Waals surface area contributed by atoms with E-state index in [-0.39, 0.29) is 11.8 Å². The molecule has 0 spiro atoms. The van der Waals surface area contributed by atoms with Crippen molar-refractivity contribution in [2.45, 2.75) is 0 Å². The molecule has 0 bridgehead atoms. The number of hydrogen-bond acceptors (Lipinski definition) is 2. The topological polar surface area (TPSA) is 58.2 Å². The third-order valence-corrected chi connectivity index (χ3v) is 3.81. The Kier molecular flexibility index (Phi) is 4.12. The Morgan fingerprint density at radius 3 is 1.42 bits per heavy atom. The molecule has 0 radical (unpaired) electrons. The van der Waals surface area contributed by atoms with Crippen molar-refractivity contribution < 1.29 is 18.4 Å². The second-order valence-electron chi connectivity index (χ2n) is 5.52. The van der Waals surface area contributed by atoms with Gasteiger partial charge in [-0.15, -0.1) is 0 Å². The number of anilines is 2. The summed E-state index contributed by atoms with van der Waals surface area (Å²) in [5.41, 5.74) is 1.40. The van der Waals surface area contributed by atoms with E-state index in [2.05, 4.69) is 17.2 Å². The standard InChI is InChI=1S/C18H14F2N2O2/c1-10-15(17(23)21-13-6-2-11(19)3-7-13)16(10)18(24)22-14-8-4-12(20)5-9-14/h2-9,15-16H,1H2,(H,21,23)(H,22,24)/t15-,16+. The summed E-state index contributed by atoms with van der Waals surface area (Å²) in [6.07, 6.45) is 0. The number of nitrogens with one attached hydrogen (secondary N) is 2. The van der Waals surface area contributed by atoms with Gasteiger partial charge in [0.2, 0.25) is 11.8 Å². The molecular formula is C18H14F2N2O2.